The van der Waals surface area contributed by atoms with Gasteiger partial charge in [-0.05, 0) is 41.9 Å². The Bertz CT molecular complexity index is 1570. The smallest absolute Gasteiger partial charge is 0.342 e. The van der Waals surface area contributed by atoms with E-state index < -0.39 is 0 Å². The SMILES string of the molecule is CC(C)(C)c1cc2c(o1)B1c3oc(C(C)(C)C)cc3N(c3ccccc3)c3cccc(c31)N2c1ccccc1. The fourth-order valence-electron chi connectivity index (χ4n) is 5.87. The van der Waals surface area contributed by atoms with E-state index in [1.54, 1.807) is 0 Å². The zero-order valence-electron chi connectivity index (χ0n) is 23.4. The van der Waals surface area contributed by atoms with Gasteiger partial charge >= 0.3 is 6.71 Å². The van der Waals surface area contributed by atoms with E-state index in [0.717, 1.165) is 57.0 Å². The molecule has 5 heteroatoms. The zero-order valence-corrected chi connectivity index (χ0v) is 23.4. The van der Waals surface area contributed by atoms with E-state index in [4.69, 9.17) is 8.83 Å². The molecule has 2 aliphatic heterocycles. The minimum atomic E-state index is -0.145. The molecule has 0 N–H and O–H groups in total. The molecule has 194 valence electrons. The van der Waals surface area contributed by atoms with Crippen LogP contribution in [0.1, 0.15) is 53.1 Å². The molecule has 0 atom stereocenters. The van der Waals surface area contributed by atoms with Crippen molar-refractivity contribution < 1.29 is 8.83 Å². The lowest BCUT2D eigenvalue weighted by atomic mass is 9.38. The lowest BCUT2D eigenvalue weighted by molar-refractivity contribution is 0.419. The first-order valence-corrected chi connectivity index (χ1v) is 13.7. The lowest BCUT2D eigenvalue weighted by Gasteiger charge is -2.40. The van der Waals surface area contributed by atoms with Gasteiger partial charge in [0.1, 0.15) is 22.8 Å². The van der Waals surface area contributed by atoms with Gasteiger partial charge in [0.05, 0.1) is 11.4 Å². The Labute approximate surface area is 230 Å². The molecular weight excluding hydrogens is 479 g/mol. The second-order valence-corrected chi connectivity index (χ2v) is 12.7. The Morgan fingerprint density at radius 3 is 1.31 bits per heavy atom. The summed E-state index contributed by atoms with van der Waals surface area (Å²) in [7, 11) is 0. The predicted octanol–water partition coefficient (Wildman–Crippen LogP) is 7.55. The molecule has 0 bridgehead atoms. The molecular formula is C34H33BN2O2. The number of anilines is 6. The van der Waals surface area contributed by atoms with Crippen LogP contribution in [0.4, 0.5) is 34.1 Å². The van der Waals surface area contributed by atoms with E-state index in [-0.39, 0.29) is 17.5 Å². The quantitative estimate of drug-likeness (QED) is 0.224. The molecule has 3 aromatic carbocycles. The van der Waals surface area contributed by atoms with Gasteiger partial charge in [-0.25, -0.2) is 0 Å². The van der Waals surface area contributed by atoms with Gasteiger partial charge in [-0.15, -0.1) is 0 Å². The summed E-state index contributed by atoms with van der Waals surface area (Å²) in [6, 6.07) is 32.3. The number of rotatable bonds is 2. The summed E-state index contributed by atoms with van der Waals surface area (Å²) in [6.07, 6.45) is 0. The second-order valence-electron chi connectivity index (χ2n) is 12.7. The number of hydrogen-bond donors (Lipinski definition) is 0. The molecule has 7 rings (SSSR count). The number of hydrogen-bond acceptors (Lipinski definition) is 4. The molecule has 0 radical (unpaired) electrons. The van der Waals surface area contributed by atoms with Crippen LogP contribution in [0.15, 0.2) is 99.8 Å². The highest BCUT2D eigenvalue weighted by molar-refractivity contribution is 6.98. The normalized spacial score (nSPS) is 14.3. The monoisotopic (exact) mass is 512 g/mol. The molecule has 2 aromatic heterocycles. The van der Waals surface area contributed by atoms with Gasteiger partial charge in [0.25, 0.3) is 0 Å². The minimum Gasteiger partial charge on any atom is -0.472 e. The number of para-hydroxylation sites is 2. The Morgan fingerprint density at radius 2 is 0.923 bits per heavy atom. The molecule has 0 saturated carbocycles. The molecule has 4 heterocycles. The van der Waals surface area contributed by atoms with Gasteiger partial charge in [-0.2, -0.15) is 0 Å². The van der Waals surface area contributed by atoms with Gasteiger partial charge in [0, 0.05) is 45.7 Å². The highest BCUT2D eigenvalue weighted by Crippen LogP contribution is 2.46. The summed E-state index contributed by atoms with van der Waals surface area (Å²) in [5, 5.41) is 0. The first kappa shape index (κ1) is 24.0. The molecule has 0 saturated heterocycles. The summed E-state index contributed by atoms with van der Waals surface area (Å²) in [5.74, 6) is 1.94. The zero-order chi connectivity index (χ0) is 27.1. The van der Waals surface area contributed by atoms with Crippen LogP contribution >= 0.6 is 0 Å². The Kier molecular flexibility index (Phi) is 5.03. The van der Waals surface area contributed by atoms with Crippen LogP contribution in [0.5, 0.6) is 0 Å². The number of fused-ring (bicyclic) bond motifs is 4. The van der Waals surface area contributed by atoms with Crippen molar-refractivity contribution >= 4 is 57.6 Å². The molecule has 2 aliphatic rings. The fraction of sp³-hybridized carbons (Fsp3) is 0.235. The fourth-order valence-corrected chi connectivity index (χ4v) is 5.87. The van der Waals surface area contributed by atoms with Crippen LogP contribution in [0.2, 0.25) is 0 Å². The van der Waals surface area contributed by atoms with Crippen LogP contribution in [0.3, 0.4) is 0 Å². The van der Waals surface area contributed by atoms with Crippen LogP contribution in [-0.2, 0) is 10.8 Å². The maximum absolute atomic E-state index is 6.84. The first-order valence-electron chi connectivity index (χ1n) is 13.7. The summed E-state index contributed by atoms with van der Waals surface area (Å²) < 4.78 is 13.7. The molecule has 0 amide bonds. The molecule has 4 nitrogen and oxygen atoms in total. The van der Waals surface area contributed by atoms with Crippen molar-refractivity contribution in [1.29, 1.82) is 0 Å². The molecule has 0 aliphatic carbocycles. The molecule has 0 spiro atoms. The van der Waals surface area contributed by atoms with Crippen molar-refractivity contribution in [2.24, 2.45) is 0 Å². The molecule has 0 unspecified atom stereocenters. The lowest BCUT2D eigenvalue weighted by Crippen LogP contribution is -2.60. The summed E-state index contributed by atoms with van der Waals surface area (Å²) in [5.41, 5.74) is 9.48. The van der Waals surface area contributed by atoms with E-state index in [0.29, 0.717) is 0 Å². The van der Waals surface area contributed by atoms with E-state index in [2.05, 4.69) is 142 Å². The third kappa shape index (κ3) is 3.60. The molecule has 0 fully saturated rings. The largest absolute Gasteiger partial charge is 0.472 e. The van der Waals surface area contributed by atoms with Crippen LogP contribution in [0.25, 0.3) is 0 Å². The van der Waals surface area contributed by atoms with Crippen molar-refractivity contribution in [1.82, 2.24) is 0 Å². The third-order valence-electron chi connectivity index (χ3n) is 7.82. The average molecular weight is 512 g/mol. The highest BCUT2D eigenvalue weighted by Gasteiger charge is 2.49. The van der Waals surface area contributed by atoms with Crippen molar-refractivity contribution in [3.8, 4) is 0 Å². The van der Waals surface area contributed by atoms with Gasteiger partial charge in [0.2, 0.25) is 0 Å². The summed E-state index contributed by atoms with van der Waals surface area (Å²) in [6.45, 7) is 13.1. The minimum absolute atomic E-state index is 0.137. The van der Waals surface area contributed by atoms with E-state index in [1.165, 1.54) is 5.46 Å². The maximum atomic E-state index is 6.84. The van der Waals surface area contributed by atoms with Gasteiger partial charge in [-0.3, -0.25) is 0 Å². The van der Waals surface area contributed by atoms with Crippen LogP contribution < -0.4 is 26.6 Å². The number of benzene rings is 3. The van der Waals surface area contributed by atoms with E-state index in [9.17, 15) is 0 Å². The van der Waals surface area contributed by atoms with Gasteiger partial charge in [-0.1, -0.05) is 84.0 Å². The molecule has 5 aromatic rings. The predicted molar refractivity (Wildman–Crippen MR) is 162 cm³/mol. The van der Waals surface area contributed by atoms with Crippen LogP contribution in [-0.4, -0.2) is 6.71 Å². The van der Waals surface area contributed by atoms with Crippen molar-refractivity contribution in [3.05, 3.63) is 103 Å². The van der Waals surface area contributed by atoms with Gasteiger partial charge < -0.3 is 18.6 Å². The van der Waals surface area contributed by atoms with Crippen molar-refractivity contribution in [3.63, 3.8) is 0 Å². The third-order valence-corrected chi connectivity index (χ3v) is 7.82. The number of furan rings is 2. The summed E-state index contributed by atoms with van der Waals surface area (Å²) >= 11 is 0. The van der Waals surface area contributed by atoms with Crippen molar-refractivity contribution in [2.75, 3.05) is 9.80 Å². The van der Waals surface area contributed by atoms with Gasteiger partial charge in [0.15, 0.2) is 0 Å². The Hall–Kier alpha value is -4.12. The van der Waals surface area contributed by atoms with Crippen molar-refractivity contribution in [2.45, 2.75) is 52.4 Å². The molecule has 39 heavy (non-hydrogen) atoms. The number of nitrogens with zero attached hydrogens (tertiary/aromatic N) is 2. The van der Waals surface area contributed by atoms with E-state index in [1.807, 2.05) is 0 Å². The Balaban J connectivity index is 1.58. The van der Waals surface area contributed by atoms with Crippen LogP contribution in [0, 0.1) is 0 Å². The van der Waals surface area contributed by atoms with E-state index >= 15 is 0 Å². The topological polar surface area (TPSA) is 32.8 Å². The summed E-state index contributed by atoms with van der Waals surface area (Å²) in [4.78, 5) is 4.70. The average Bonchev–Trinajstić information content (AvgIpc) is 3.55. The standard InChI is InChI=1S/C34H33BN2O2/c1-33(2,3)28-20-26-31(38-28)35-30-24(36(26)22-14-9-7-10-15-22)18-13-19-25(30)37(23-16-11-8-12-17-23)27-21-29(34(4,5)6)39-32(27)35/h7-21H,1-6H3. The first-order chi connectivity index (χ1) is 18.6. The maximum Gasteiger partial charge on any atom is 0.342 e. The second kappa shape index (κ2) is 8.19. The Morgan fingerprint density at radius 1 is 0.513 bits per heavy atom. The highest BCUT2D eigenvalue weighted by atomic mass is 16.4.